The second-order valence-corrected chi connectivity index (χ2v) is 4.51. The molecule has 3 rings (SSSR count). The zero-order chi connectivity index (χ0) is 12.9. The third-order valence-electron chi connectivity index (χ3n) is 3.01. The van der Waals surface area contributed by atoms with Crippen LogP contribution in [0.3, 0.4) is 0 Å². The molecule has 1 aromatic carbocycles. The standard InChI is InChI=1S/C15H16N4/c1-2-13(11-19-7-6-17-12-19)8-15(3-1)18-10-14-4-5-16-9-14/h1-9,12,16,18H,10-11H2. The average molecular weight is 252 g/mol. The number of H-pyrrole nitrogens is 1. The molecule has 2 N–H and O–H groups in total. The summed E-state index contributed by atoms with van der Waals surface area (Å²) in [6.07, 6.45) is 9.54. The lowest BCUT2D eigenvalue weighted by Crippen LogP contribution is -2.00. The van der Waals surface area contributed by atoms with Crippen molar-refractivity contribution in [3.63, 3.8) is 0 Å². The molecular formula is C15H16N4. The number of anilines is 1. The molecule has 0 unspecified atom stereocenters. The van der Waals surface area contributed by atoms with Gasteiger partial charge in [-0.25, -0.2) is 4.98 Å². The summed E-state index contributed by atoms with van der Waals surface area (Å²) < 4.78 is 2.06. The van der Waals surface area contributed by atoms with Crippen LogP contribution in [0.25, 0.3) is 0 Å². The topological polar surface area (TPSA) is 45.6 Å². The van der Waals surface area contributed by atoms with Crippen LogP contribution in [0.15, 0.2) is 61.4 Å². The summed E-state index contributed by atoms with van der Waals surface area (Å²) in [6, 6.07) is 10.5. The van der Waals surface area contributed by atoms with Crippen molar-refractivity contribution in [2.24, 2.45) is 0 Å². The highest BCUT2D eigenvalue weighted by molar-refractivity contribution is 5.46. The summed E-state index contributed by atoms with van der Waals surface area (Å²) >= 11 is 0. The van der Waals surface area contributed by atoms with E-state index in [4.69, 9.17) is 0 Å². The molecule has 96 valence electrons. The molecule has 0 aliphatic carbocycles. The summed E-state index contributed by atoms with van der Waals surface area (Å²) in [4.78, 5) is 7.11. The van der Waals surface area contributed by atoms with E-state index in [9.17, 15) is 0 Å². The first kappa shape index (κ1) is 11.6. The molecule has 0 aliphatic heterocycles. The zero-order valence-electron chi connectivity index (χ0n) is 10.6. The Kier molecular flexibility index (Phi) is 3.32. The lowest BCUT2D eigenvalue weighted by atomic mass is 10.2. The quantitative estimate of drug-likeness (QED) is 0.733. The number of nitrogens with zero attached hydrogens (tertiary/aromatic N) is 2. The number of imidazole rings is 1. The first-order valence-electron chi connectivity index (χ1n) is 6.30. The van der Waals surface area contributed by atoms with Gasteiger partial charge in [-0.05, 0) is 29.3 Å². The first-order valence-corrected chi connectivity index (χ1v) is 6.30. The summed E-state index contributed by atoms with van der Waals surface area (Å²) in [5.74, 6) is 0. The number of benzene rings is 1. The summed E-state index contributed by atoms with van der Waals surface area (Å²) in [5.41, 5.74) is 3.65. The van der Waals surface area contributed by atoms with Crippen molar-refractivity contribution in [1.82, 2.24) is 14.5 Å². The summed E-state index contributed by atoms with van der Waals surface area (Å²) in [6.45, 7) is 1.68. The van der Waals surface area contributed by atoms with Crippen molar-refractivity contribution in [3.8, 4) is 0 Å². The van der Waals surface area contributed by atoms with Crippen LogP contribution in [0.2, 0.25) is 0 Å². The van der Waals surface area contributed by atoms with E-state index in [0.717, 1.165) is 18.8 Å². The maximum absolute atomic E-state index is 4.05. The van der Waals surface area contributed by atoms with Crippen LogP contribution >= 0.6 is 0 Å². The lowest BCUT2D eigenvalue weighted by Gasteiger charge is -2.08. The number of hydrogen-bond acceptors (Lipinski definition) is 2. The second-order valence-electron chi connectivity index (χ2n) is 4.51. The monoisotopic (exact) mass is 252 g/mol. The van der Waals surface area contributed by atoms with Gasteiger partial charge in [-0.1, -0.05) is 12.1 Å². The minimum absolute atomic E-state index is 0.831. The fourth-order valence-electron chi connectivity index (χ4n) is 2.04. The molecule has 0 spiro atoms. The summed E-state index contributed by atoms with van der Waals surface area (Å²) in [7, 11) is 0. The van der Waals surface area contributed by atoms with Gasteiger partial charge in [0.05, 0.1) is 6.33 Å². The number of aromatic nitrogens is 3. The molecule has 0 saturated heterocycles. The van der Waals surface area contributed by atoms with Gasteiger partial charge in [0.15, 0.2) is 0 Å². The van der Waals surface area contributed by atoms with Crippen molar-refractivity contribution >= 4 is 5.69 Å². The van der Waals surface area contributed by atoms with Gasteiger partial charge in [0.25, 0.3) is 0 Å². The minimum Gasteiger partial charge on any atom is -0.381 e. The minimum atomic E-state index is 0.831. The van der Waals surface area contributed by atoms with E-state index >= 15 is 0 Å². The van der Waals surface area contributed by atoms with E-state index in [2.05, 4.69) is 50.2 Å². The van der Waals surface area contributed by atoms with E-state index in [1.807, 2.05) is 24.9 Å². The Morgan fingerprint density at radius 2 is 2.21 bits per heavy atom. The molecule has 0 aliphatic rings. The predicted molar refractivity (Wildman–Crippen MR) is 75.9 cm³/mol. The molecule has 4 nitrogen and oxygen atoms in total. The van der Waals surface area contributed by atoms with Crippen molar-refractivity contribution in [1.29, 1.82) is 0 Å². The number of aromatic amines is 1. The second kappa shape index (κ2) is 5.44. The van der Waals surface area contributed by atoms with Crippen molar-refractivity contribution in [2.45, 2.75) is 13.1 Å². The zero-order valence-corrected chi connectivity index (χ0v) is 10.6. The van der Waals surface area contributed by atoms with Gasteiger partial charge in [0.1, 0.15) is 0 Å². The van der Waals surface area contributed by atoms with Gasteiger partial charge in [0, 0.05) is 43.6 Å². The van der Waals surface area contributed by atoms with Gasteiger partial charge in [0.2, 0.25) is 0 Å². The van der Waals surface area contributed by atoms with Crippen LogP contribution in [0.4, 0.5) is 5.69 Å². The summed E-state index contributed by atoms with van der Waals surface area (Å²) in [5, 5.41) is 3.42. The van der Waals surface area contributed by atoms with Gasteiger partial charge in [-0.2, -0.15) is 0 Å². The fraction of sp³-hybridized carbons (Fsp3) is 0.133. The largest absolute Gasteiger partial charge is 0.381 e. The lowest BCUT2D eigenvalue weighted by molar-refractivity contribution is 0.797. The predicted octanol–water partition coefficient (Wildman–Crippen LogP) is 2.87. The smallest absolute Gasteiger partial charge is 0.0949 e. The maximum atomic E-state index is 4.05. The highest BCUT2D eigenvalue weighted by Crippen LogP contribution is 2.13. The average Bonchev–Trinajstić information content (AvgIpc) is 3.10. The Morgan fingerprint density at radius 1 is 1.21 bits per heavy atom. The molecule has 0 atom stereocenters. The maximum Gasteiger partial charge on any atom is 0.0949 e. The Labute approximate surface area is 112 Å². The molecule has 4 heteroatoms. The number of nitrogens with one attached hydrogen (secondary N) is 2. The van der Waals surface area contributed by atoms with Gasteiger partial charge >= 0.3 is 0 Å². The Hall–Kier alpha value is -2.49. The third kappa shape index (κ3) is 3.04. The Bertz CT molecular complexity index is 611. The normalized spacial score (nSPS) is 10.5. The van der Waals surface area contributed by atoms with Crippen LogP contribution in [-0.2, 0) is 13.1 Å². The number of hydrogen-bond donors (Lipinski definition) is 2. The van der Waals surface area contributed by atoms with Crippen LogP contribution in [-0.4, -0.2) is 14.5 Å². The molecule has 0 radical (unpaired) electrons. The van der Waals surface area contributed by atoms with Crippen LogP contribution in [0, 0.1) is 0 Å². The van der Waals surface area contributed by atoms with E-state index in [-0.39, 0.29) is 0 Å². The van der Waals surface area contributed by atoms with E-state index in [1.54, 1.807) is 6.20 Å². The van der Waals surface area contributed by atoms with E-state index < -0.39 is 0 Å². The third-order valence-corrected chi connectivity index (χ3v) is 3.01. The van der Waals surface area contributed by atoms with Crippen molar-refractivity contribution in [3.05, 3.63) is 72.6 Å². The van der Waals surface area contributed by atoms with Crippen molar-refractivity contribution in [2.75, 3.05) is 5.32 Å². The SMILES string of the molecule is c1cc(Cn2ccnc2)cc(NCc2cc[nH]c2)c1. The van der Waals surface area contributed by atoms with Gasteiger partial charge < -0.3 is 14.9 Å². The Morgan fingerprint density at radius 3 is 3.00 bits per heavy atom. The highest BCUT2D eigenvalue weighted by Gasteiger charge is 1.98. The van der Waals surface area contributed by atoms with Gasteiger partial charge in [-0.3, -0.25) is 0 Å². The van der Waals surface area contributed by atoms with Crippen LogP contribution in [0.5, 0.6) is 0 Å². The Balaban J connectivity index is 1.66. The van der Waals surface area contributed by atoms with Crippen LogP contribution < -0.4 is 5.32 Å². The fourth-order valence-corrected chi connectivity index (χ4v) is 2.04. The molecule has 3 aromatic rings. The van der Waals surface area contributed by atoms with Crippen LogP contribution in [0.1, 0.15) is 11.1 Å². The van der Waals surface area contributed by atoms with Crippen molar-refractivity contribution < 1.29 is 0 Å². The highest BCUT2D eigenvalue weighted by atomic mass is 15.0. The molecule has 0 bridgehead atoms. The molecule has 0 fully saturated rings. The van der Waals surface area contributed by atoms with E-state index in [0.29, 0.717) is 0 Å². The molecule has 19 heavy (non-hydrogen) atoms. The molecule has 0 amide bonds. The molecule has 0 saturated carbocycles. The number of rotatable bonds is 5. The molecular weight excluding hydrogens is 236 g/mol. The molecule has 2 heterocycles. The molecule has 2 aromatic heterocycles. The first-order chi connectivity index (χ1) is 9.40. The van der Waals surface area contributed by atoms with Gasteiger partial charge in [-0.15, -0.1) is 0 Å². The van der Waals surface area contributed by atoms with E-state index in [1.165, 1.54) is 11.1 Å².